The molecule has 0 fully saturated rings. The number of carbonyl (C=O) groups is 1. The second-order valence-corrected chi connectivity index (χ2v) is 5.58. The first kappa shape index (κ1) is 14.9. The lowest BCUT2D eigenvalue weighted by atomic mass is 10.1. The smallest absolute Gasteiger partial charge is 0.321 e. The fraction of sp³-hybridized carbons (Fsp3) is 0.417. The minimum absolute atomic E-state index is 0.178. The summed E-state index contributed by atoms with van der Waals surface area (Å²) in [7, 11) is 1.56. The number of benzene rings is 1. The second kappa shape index (κ2) is 5.67. The van der Waals surface area contributed by atoms with Crippen LogP contribution in [0.1, 0.15) is 13.8 Å². The number of hydrogen-bond donors (Lipinski definition) is 2. The van der Waals surface area contributed by atoms with Gasteiger partial charge in [0, 0.05) is 12.7 Å². The van der Waals surface area contributed by atoms with E-state index in [1.54, 1.807) is 27.0 Å². The predicted molar refractivity (Wildman–Crippen MR) is 72.0 cm³/mol. The molecule has 18 heavy (non-hydrogen) atoms. The van der Waals surface area contributed by atoms with Crippen molar-refractivity contribution in [3.63, 3.8) is 0 Å². The lowest BCUT2D eigenvalue weighted by Crippen LogP contribution is -2.41. The van der Waals surface area contributed by atoms with Gasteiger partial charge in [-0.25, -0.2) is 9.18 Å². The molecular weight excluding hydrogens is 303 g/mol. The van der Waals surface area contributed by atoms with E-state index in [2.05, 4.69) is 21.2 Å². The van der Waals surface area contributed by atoms with E-state index in [1.807, 2.05) is 0 Å². The highest BCUT2D eigenvalue weighted by Gasteiger charge is 2.19. The van der Waals surface area contributed by atoms with Crippen LogP contribution in [0, 0.1) is 5.82 Å². The molecule has 4 nitrogen and oxygen atoms in total. The highest BCUT2D eigenvalue weighted by atomic mass is 79.9. The molecule has 0 aromatic heterocycles. The molecule has 1 aromatic rings. The van der Waals surface area contributed by atoms with Crippen LogP contribution in [-0.4, -0.2) is 35.2 Å². The number of anilines is 1. The van der Waals surface area contributed by atoms with Crippen LogP contribution in [0.4, 0.5) is 14.9 Å². The van der Waals surface area contributed by atoms with Crippen LogP contribution in [-0.2, 0) is 0 Å². The zero-order chi connectivity index (χ0) is 13.9. The van der Waals surface area contributed by atoms with Crippen molar-refractivity contribution in [2.45, 2.75) is 19.4 Å². The molecule has 0 unspecified atom stereocenters. The van der Waals surface area contributed by atoms with Gasteiger partial charge in [-0.3, -0.25) is 0 Å². The molecule has 1 rings (SSSR count). The van der Waals surface area contributed by atoms with Gasteiger partial charge in [-0.1, -0.05) is 0 Å². The summed E-state index contributed by atoms with van der Waals surface area (Å²) in [6.07, 6.45) is 0. The molecule has 0 saturated carbocycles. The fourth-order valence-electron chi connectivity index (χ4n) is 1.45. The number of amides is 2. The van der Waals surface area contributed by atoms with Crippen molar-refractivity contribution < 1.29 is 14.3 Å². The Morgan fingerprint density at radius 2 is 2.17 bits per heavy atom. The summed E-state index contributed by atoms with van der Waals surface area (Å²) in [6, 6.07) is 3.92. The van der Waals surface area contributed by atoms with Gasteiger partial charge >= 0.3 is 6.03 Å². The van der Waals surface area contributed by atoms with Gasteiger partial charge < -0.3 is 15.3 Å². The number of carbonyl (C=O) groups excluding carboxylic acids is 1. The van der Waals surface area contributed by atoms with Crippen LogP contribution in [0.2, 0.25) is 0 Å². The predicted octanol–water partition coefficient (Wildman–Crippen LogP) is 2.82. The largest absolute Gasteiger partial charge is 0.389 e. The molecule has 2 N–H and O–H groups in total. The first-order valence-electron chi connectivity index (χ1n) is 5.38. The number of halogens is 2. The molecule has 0 aliphatic carbocycles. The van der Waals surface area contributed by atoms with Crippen LogP contribution in [0.5, 0.6) is 0 Å². The van der Waals surface area contributed by atoms with Crippen molar-refractivity contribution in [2.24, 2.45) is 0 Å². The maximum atomic E-state index is 13.3. The van der Waals surface area contributed by atoms with E-state index >= 15 is 0 Å². The second-order valence-electron chi connectivity index (χ2n) is 4.73. The molecule has 0 heterocycles. The van der Waals surface area contributed by atoms with Gasteiger partial charge in [-0.15, -0.1) is 0 Å². The Balaban J connectivity index is 2.67. The van der Waals surface area contributed by atoms with E-state index in [0.29, 0.717) is 10.2 Å². The molecule has 0 bridgehead atoms. The van der Waals surface area contributed by atoms with E-state index in [1.165, 1.54) is 17.0 Å². The van der Waals surface area contributed by atoms with Crippen molar-refractivity contribution >= 4 is 27.6 Å². The molecule has 0 aliphatic heterocycles. The minimum atomic E-state index is -0.975. The standard InChI is InChI=1S/C12H16BrFN2O2/c1-12(2,18)7-16(3)11(17)15-8-4-5-9(13)10(14)6-8/h4-6,18H,7H2,1-3H3,(H,15,17). The highest BCUT2D eigenvalue weighted by Crippen LogP contribution is 2.19. The molecule has 2 amide bonds. The van der Waals surface area contributed by atoms with Gasteiger partial charge in [0.25, 0.3) is 0 Å². The Hall–Kier alpha value is -1.14. The zero-order valence-electron chi connectivity index (χ0n) is 10.5. The molecule has 0 saturated heterocycles. The van der Waals surface area contributed by atoms with Crippen LogP contribution in [0.3, 0.4) is 0 Å². The van der Waals surface area contributed by atoms with E-state index < -0.39 is 17.4 Å². The van der Waals surface area contributed by atoms with Gasteiger partial charge in [-0.05, 0) is 48.0 Å². The van der Waals surface area contributed by atoms with Gasteiger partial charge in [0.05, 0.1) is 16.6 Å². The zero-order valence-corrected chi connectivity index (χ0v) is 12.1. The van der Waals surface area contributed by atoms with Crippen LogP contribution < -0.4 is 5.32 Å². The van der Waals surface area contributed by atoms with E-state index in [9.17, 15) is 14.3 Å². The molecule has 0 spiro atoms. The average molecular weight is 319 g/mol. The third kappa shape index (κ3) is 4.62. The summed E-state index contributed by atoms with van der Waals surface area (Å²) in [5.41, 5.74) is -0.611. The molecule has 0 aliphatic rings. The van der Waals surface area contributed by atoms with Gasteiger partial charge in [0.1, 0.15) is 5.82 Å². The number of nitrogens with one attached hydrogen (secondary N) is 1. The third-order valence-corrected chi connectivity index (χ3v) is 2.78. The average Bonchev–Trinajstić information content (AvgIpc) is 2.21. The molecule has 1 aromatic carbocycles. The summed E-state index contributed by atoms with van der Waals surface area (Å²) in [6.45, 7) is 3.39. The first-order chi connectivity index (χ1) is 8.19. The summed E-state index contributed by atoms with van der Waals surface area (Å²) < 4.78 is 13.6. The first-order valence-corrected chi connectivity index (χ1v) is 6.18. The molecule has 100 valence electrons. The fourth-order valence-corrected chi connectivity index (χ4v) is 1.69. The van der Waals surface area contributed by atoms with Crippen molar-refractivity contribution in [3.05, 3.63) is 28.5 Å². The maximum Gasteiger partial charge on any atom is 0.321 e. The number of nitrogens with zero attached hydrogens (tertiary/aromatic N) is 1. The maximum absolute atomic E-state index is 13.3. The van der Waals surface area contributed by atoms with Crippen molar-refractivity contribution in [3.8, 4) is 0 Å². The SMILES string of the molecule is CN(CC(C)(C)O)C(=O)Nc1ccc(Br)c(F)c1. The minimum Gasteiger partial charge on any atom is -0.389 e. The number of rotatable bonds is 3. The van der Waals surface area contributed by atoms with E-state index in [0.717, 1.165) is 0 Å². The lowest BCUT2D eigenvalue weighted by molar-refractivity contribution is 0.0550. The summed E-state index contributed by atoms with van der Waals surface area (Å²) in [5, 5.41) is 12.1. The molecular formula is C12H16BrFN2O2. The number of hydrogen-bond acceptors (Lipinski definition) is 2. The Bertz CT molecular complexity index is 446. The third-order valence-electron chi connectivity index (χ3n) is 2.14. The van der Waals surface area contributed by atoms with Crippen LogP contribution >= 0.6 is 15.9 Å². The summed E-state index contributed by atoms with van der Waals surface area (Å²) >= 11 is 3.03. The number of likely N-dealkylation sites (N-methyl/N-ethyl adjacent to an activating group) is 1. The van der Waals surface area contributed by atoms with Gasteiger partial charge in [-0.2, -0.15) is 0 Å². The van der Waals surface area contributed by atoms with E-state index in [-0.39, 0.29) is 6.54 Å². The number of aliphatic hydroxyl groups is 1. The normalized spacial score (nSPS) is 11.2. The highest BCUT2D eigenvalue weighted by molar-refractivity contribution is 9.10. The molecule has 0 radical (unpaired) electrons. The molecule has 6 heteroatoms. The van der Waals surface area contributed by atoms with E-state index in [4.69, 9.17) is 0 Å². The Kier molecular flexibility index (Phi) is 4.70. The monoisotopic (exact) mass is 318 g/mol. The van der Waals surface area contributed by atoms with Crippen LogP contribution in [0.25, 0.3) is 0 Å². The van der Waals surface area contributed by atoms with Crippen LogP contribution in [0.15, 0.2) is 22.7 Å². The van der Waals surface area contributed by atoms with Gasteiger partial charge in [0.15, 0.2) is 0 Å². The lowest BCUT2D eigenvalue weighted by Gasteiger charge is -2.25. The van der Waals surface area contributed by atoms with Gasteiger partial charge in [0.2, 0.25) is 0 Å². The Morgan fingerprint density at radius 3 is 2.67 bits per heavy atom. The quantitative estimate of drug-likeness (QED) is 0.900. The van der Waals surface area contributed by atoms with Crippen molar-refractivity contribution in [2.75, 3.05) is 18.9 Å². The Morgan fingerprint density at radius 1 is 1.56 bits per heavy atom. The van der Waals surface area contributed by atoms with Crippen molar-refractivity contribution in [1.82, 2.24) is 4.90 Å². The van der Waals surface area contributed by atoms with Crippen molar-refractivity contribution in [1.29, 1.82) is 0 Å². The Labute approximate surface area is 114 Å². The summed E-state index contributed by atoms with van der Waals surface area (Å²) in [5.74, 6) is -0.446. The summed E-state index contributed by atoms with van der Waals surface area (Å²) in [4.78, 5) is 13.1. The number of urea groups is 1. The molecule has 0 atom stereocenters. The topological polar surface area (TPSA) is 52.6 Å².